The van der Waals surface area contributed by atoms with Gasteiger partial charge < -0.3 is 10.5 Å². The summed E-state index contributed by atoms with van der Waals surface area (Å²) in [5, 5.41) is 5.03. The number of alkyl halides is 1. The standard InChI is InChI=1S/C9H11ClN2O4S/c1-16-8(10)6-3-2-5(9(11)13)4-7(6)17(12,14)15/h2-4,8H,1H3,(H2,11,13)(H2,12,14,15). The Balaban J connectivity index is 3.48. The number of carbonyl (C=O) groups excluding carboxylic acids is 1. The van der Waals surface area contributed by atoms with Crippen LogP contribution in [-0.2, 0) is 14.8 Å². The Hall–Kier alpha value is -1.15. The smallest absolute Gasteiger partial charge is 0.248 e. The maximum Gasteiger partial charge on any atom is 0.248 e. The van der Waals surface area contributed by atoms with E-state index in [2.05, 4.69) is 0 Å². The third-order valence-electron chi connectivity index (χ3n) is 2.06. The number of hydrogen-bond donors (Lipinski definition) is 2. The fourth-order valence-corrected chi connectivity index (χ4v) is 2.30. The average molecular weight is 279 g/mol. The molecule has 0 aliphatic carbocycles. The molecule has 0 fully saturated rings. The van der Waals surface area contributed by atoms with E-state index in [9.17, 15) is 13.2 Å². The number of hydrogen-bond acceptors (Lipinski definition) is 4. The molecule has 0 saturated carbocycles. The predicted octanol–water partition coefficient (Wildman–Crippen LogP) is 0.317. The van der Waals surface area contributed by atoms with E-state index >= 15 is 0 Å². The molecule has 0 heterocycles. The van der Waals surface area contributed by atoms with Gasteiger partial charge in [-0.1, -0.05) is 17.7 Å². The van der Waals surface area contributed by atoms with Crippen molar-refractivity contribution in [2.75, 3.05) is 7.11 Å². The lowest BCUT2D eigenvalue weighted by Gasteiger charge is -2.12. The van der Waals surface area contributed by atoms with Gasteiger partial charge in [0.15, 0.2) is 5.56 Å². The molecule has 1 atom stereocenters. The van der Waals surface area contributed by atoms with Crippen LogP contribution >= 0.6 is 11.6 Å². The molecular formula is C9H11ClN2O4S. The van der Waals surface area contributed by atoms with E-state index in [1.54, 1.807) is 0 Å². The van der Waals surface area contributed by atoms with E-state index < -0.39 is 21.5 Å². The Morgan fingerprint density at radius 1 is 1.47 bits per heavy atom. The zero-order valence-electron chi connectivity index (χ0n) is 8.88. The number of halogens is 1. The second-order valence-corrected chi connectivity index (χ2v) is 5.14. The monoisotopic (exact) mass is 278 g/mol. The highest BCUT2D eigenvalue weighted by atomic mass is 35.5. The topological polar surface area (TPSA) is 112 Å². The minimum atomic E-state index is -4.02. The Bertz CT molecular complexity index is 544. The number of carbonyl (C=O) groups is 1. The zero-order valence-corrected chi connectivity index (χ0v) is 10.5. The minimum absolute atomic E-state index is 0.0257. The molecule has 0 radical (unpaired) electrons. The van der Waals surface area contributed by atoms with Crippen molar-refractivity contribution in [1.29, 1.82) is 0 Å². The number of rotatable bonds is 4. The van der Waals surface area contributed by atoms with Crippen LogP contribution in [0.4, 0.5) is 0 Å². The molecule has 1 unspecified atom stereocenters. The van der Waals surface area contributed by atoms with Gasteiger partial charge >= 0.3 is 0 Å². The number of ether oxygens (including phenoxy) is 1. The molecule has 17 heavy (non-hydrogen) atoms. The van der Waals surface area contributed by atoms with Gasteiger partial charge in [0.1, 0.15) is 0 Å². The number of primary amides is 1. The molecular weight excluding hydrogens is 268 g/mol. The van der Waals surface area contributed by atoms with Crippen LogP contribution in [0.2, 0.25) is 0 Å². The predicted molar refractivity (Wildman–Crippen MR) is 61.9 cm³/mol. The third-order valence-corrected chi connectivity index (χ3v) is 3.44. The molecule has 0 saturated heterocycles. The third kappa shape index (κ3) is 3.16. The number of sulfonamides is 1. The maximum absolute atomic E-state index is 11.4. The molecule has 8 heteroatoms. The average Bonchev–Trinajstić information content (AvgIpc) is 2.26. The molecule has 1 aromatic rings. The first-order valence-corrected chi connectivity index (χ1v) is 6.39. The number of benzene rings is 1. The minimum Gasteiger partial charge on any atom is -0.366 e. The lowest BCUT2D eigenvalue weighted by molar-refractivity contribution is 0.1000. The summed E-state index contributed by atoms with van der Waals surface area (Å²) in [5.41, 5.74) is 4.24. The van der Waals surface area contributed by atoms with Gasteiger partial charge in [-0.2, -0.15) is 0 Å². The summed E-state index contributed by atoms with van der Waals surface area (Å²) < 4.78 is 27.5. The van der Waals surface area contributed by atoms with Crippen LogP contribution in [0.25, 0.3) is 0 Å². The molecule has 0 aliphatic rings. The van der Waals surface area contributed by atoms with E-state index in [1.165, 1.54) is 19.2 Å². The SMILES string of the molecule is COC(Cl)c1ccc(C(N)=O)cc1S(N)(=O)=O. The fraction of sp³-hybridized carbons (Fsp3) is 0.222. The molecule has 1 rings (SSSR count). The Labute approximate surface area is 104 Å². The van der Waals surface area contributed by atoms with Crippen LogP contribution in [0.1, 0.15) is 21.5 Å². The highest BCUT2D eigenvalue weighted by Crippen LogP contribution is 2.27. The summed E-state index contributed by atoms with van der Waals surface area (Å²) >= 11 is 5.78. The van der Waals surface area contributed by atoms with E-state index in [-0.39, 0.29) is 16.0 Å². The Morgan fingerprint density at radius 3 is 2.47 bits per heavy atom. The van der Waals surface area contributed by atoms with Crippen molar-refractivity contribution in [2.45, 2.75) is 10.5 Å². The first-order chi connectivity index (χ1) is 7.77. The number of methoxy groups -OCH3 is 1. The van der Waals surface area contributed by atoms with Crippen LogP contribution in [0, 0.1) is 0 Å². The maximum atomic E-state index is 11.4. The van der Waals surface area contributed by atoms with Crippen LogP contribution < -0.4 is 10.9 Å². The molecule has 1 amide bonds. The first kappa shape index (κ1) is 13.9. The van der Waals surface area contributed by atoms with E-state index in [0.29, 0.717) is 0 Å². The molecule has 0 aromatic heterocycles. The van der Waals surface area contributed by atoms with Crippen molar-refractivity contribution in [1.82, 2.24) is 0 Å². The zero-order chi connectivity index (χ0) is 13.2. The summed E-state index contributed by atoms with van der Waals surface area (Å²) in [5.74, 6) is -0.759. The Kier molecular flexibility index (Phi) is 4.10. The van der Waals surface area contributed by atoms with Crippen molar-refractivity contribution in [3.8, 4) is 0 Å². The first-order valence-electron chi connectivity index (χ1n) is 4.40. The van der Waals surface area contributed by atoms with E-state index in [4.69, 9.17) is 27.2 Å². The summed E-state index contributed by atoms with van der Waals surface area (Å²) in [6.45, 7) is 0. The molecule has 0 aliphatic heterocycles. The second kappa shape index (κ2) is 5.01. The summed E-state index contributed by atoms with van der Waals surface area (Å²) in [4.78, 5) is 10.7. The largest absolute Gasteiger partial charge is 0.366 e. The van der Waals surface area contributed by atoms with Crippen LogP contribution in [0.3, 0.4) is 0 Å². The second-order valence-electron chi connectivity index (χ2n) is 3.21. The van der Waals surface area contributed by atoms with Crippen molar-refractivity contribution in [3.05, 3.63) is 29.3 Å². The summed E-state index contributed by atoms with van der Waals surface area (Å²) in [6, 6.07) is 3.75. The summed E-state index contributed by atoms with van der Waals surface area (Å²) in [7, 11) is -2.70. The van der Waals surface area contributed by atoms with Crippen molar-refractivity contribution in [2.24, 2.45) is 10.9 Å². The van der Waals surface area contributed by atoms with Gasteiger partial charge in [-0.05, 0) is 12.1 Å². The van der Waals surface area contributed by atoms with Gasteiger partial charge in [-0.25, -0.2) is 13.6 Å². The fourth-order valence-electron chi connectivity index (χ4n) is 1.25. The lowest BCUT2D eigenvalue weighted by Crippen LogP contribution is -2.18. The lowest BCUT2D eigenvalue weighted by atomic mass is 10.1. The molecule has 4 N–H and O–H groups in total. The molecule has 94 valence electrons. The number of amides is 1. The molecule has 6 nitrogen and oxygen atoms in total. The van der Waals surface area contributed by atoms with Gasteiger partial charge in [0.25, 0.3) is 0 Å². The van der Waals surface area contributed by atoms with Gasteiger partial charge in [-0.15, -0.1) is 0 Å². The van der Waals surface area contributed by atoms with Crippen molar-refractivity contribution in [3.63, 3.8) is 0 Å². The number of primary sulfonamides is 1. The van der Waals surface area contributed by atoms with Gasteiger partial charge in [0.2, 0.25) is 15.9 Å². The van der Waals surface area contributed by atoms with Gasteiger partial charge in [-0.3, -0.25) is 4.79 Å². The summed E-state index contributed by atoms with van der Waals surface area (Å²) in [6.07, 6.45) is 0. The number of nitrogens with two attached hydrogens (primary N) is 2. The Morgan fingerprint density at radius 2 is 2.06 bits per heavy atom. The van der Waals surface area contributed by atoms with Crippen LogP contribution in [-0.4, -0.2) is 21.4 Å². The van der Waals surface area contributed by atoms with E-state index in [1.807, 2.05) is 0 Å². The highest BCUT2D eigenvalue weighted by Gasteiger charge is 2.21. The quantitative estimate of drug-likeness (QED) is 0.772. The molecule has 1 aromatic carbocycles. The molecule has 0 bridgehead atoms. The van der Waals surface area contributed by atoms with Crippen molar-refractivity contribution >= 4 is 27.5 Å². The van der Waals surface area contributed by atoms with Crippen LogP contribution in [0.5, 0.6) is 0 Å². The molecule has 0 spiro atoms. The van der Waals surface area contributed by atoms with Gasteiger partial charge in [0, 0.05) is 18.2 Å². The van der Waals surface area contributed by atoms with Gasteiger partial charge in [0.05, 0.1) is 4.90 Å². The normalized spacial score (nSPS) is 13.4. The van der Waals surface area contributed by atoms with Crippen LogP contribution in [0.15, 0.2) is 23.1 Å². The van der Waals surface area contributed by atoms with Crippen molar-refractivity contribution < 1.29 is 17.9 Å². The highest BCUT2D eigenvalue weighted by molar-refractivity contribution is 7.89. The van der Waals surface area contributed by atoms with E-state index in [0.717, 1.165) is 6.07 Å².